The summed E-state index contributed by atoms with van der Waals surface area (Å²) in [5.74, 6) is -0.300. The molecule has 4 rings (SSSR count). The van der Waals surface area contributed by atoms with Crippen LogP contribution in [0.1, 0.15) is 25.8 Å². The van der Waals surface area contributed by atoms with E-state index in [4.69, 9.17) is 34.8 Å². The Hall–Kier alpha value is -1.73. The molecule has 1 unspecified atom stereocenters. The molecular weight excluding hydrogens is 453 g/mol. The van der Waals surface area contributed by atoms with Crippen LogP contribution < -0.4 is 10.9 Å². The molecule has 1 aliphatic rings. The lowest BCUT2D eigenvalue weighted by molar-refractivity contribution is -0.115. The number of amides is 1. The number of fused-ring (bicyclic) bond motifs is 1. The molecule has 5 nitrogen and oxygen atoms in total. The first-order valence-corrected chi connectivity index (χ1v) is 11.0. The van der Waals surface area contributed by atoms with Crippen LogP contribution in [0.4, 0.5) is 5.69 Å². The zero-order valence-corrected chi connectivity index (χ0v) is 18.4. The van der Waals surface area contributed by atoms with E-state index in [1.165, 1.54) is 23.9 Å². The second-order valence-corrected chi connectivity index (χ2v) is 9.37. The molecule has 1 heterocycles. The normalized spacial score (nSPS) is 14.8. The fourth-order valence-corrected chi connectivity index (χ4v) is 4.85. The number of para-hydroxylation sites is 1. The van der Waals surface area contributed by atoms with E-state index < -0.39 is 5.25 Å². The molecule has 1 aliphatic carbocycles. The van der Waals surface area contributed by atoms with E-state index in [2.05, 4.69) is 10.3 Å². The highest BCUT2D eigenvalue weighted by atomic mass is 35.5. The smallest absolute Gasteiger partial charge is 0.262 e. The van der Waals surface area contributed by atoms with E-state index in [0.717, 1.165) is 12.8 Å². The summed E-state index contributed by atoms with van der Waals surface area (Å²) < 4.78 is 1.71. The molecule has 2 aromatic carbocycles. The predicted molar refractivity (Wildman–Crippen MR) is 120 cm³/mol. The minimum Gasteiger partial charge on any atom is -0.323 e. The molecule has 0 radical (unpaired) electrons. The van der Waals surface area contributed by atoms with E-state index in [1.54, 1.807) is 23.6 Å². The van der Waals surface area contributed by atoms with Gasteiger partial charge in [0.2, 0.25) is 5.91 Å². The van der Waals surface area contributed by atoms with Crippen LogP contribution in [0.25, 0.3) is 10.9 Å². The summed E-state index contributed by atoms with van der Waals surface area (Å²) in [5, 5.41) is 4.23. The van der Waals surface area contributed by atoms with E-state index in [0.29, 0.717) is 26.8 Å². The van der Waals surface area contributed by atoms with Gasteiger partial charge in [0.05, 0.1) is 31.9 Å². The molecule has 1 saturated carbocycles. The lowest BCUT2D eigenvalue weighted by Crippen LogP contribution is -2.26. The van der Waals surface area contributed by atoms with Gasteiger partial charge in [-0.15, -0.1) is 0 Å². The number of thioether (sulfide) groups is 1. The van der Waals surface area contributed by atoms with Gasteiger partial charge in [0.25, 0.3) is 5.56 Å². The maximum absolute atomic E-state index is 13.0. The SMILES string of the molecule is CC(Sc1nc2ccccc2c(=O)n1C1CC1)C(=O)Nc1c(Cl)cc(Cl)cc1Cl. The van der Waals surface area contributed by atoms with Crippen molar-refractivity contribution in [1.29, 1.82) is 0 Å². The predicted octanol–water partition coefficient (Wildman–Crippen LogP) is 5.81. The van der Waals surface area contributed by atoms with Crippen LogP contribution in [0, 0.1) is 0 Å². The number of rotatable bonds is 5. The minimum absolute atomic E-state index is 0.0722. The Morgan fingerprint density at radius 2 is 1.86 bits per heavy atom. The molecular formula is C20H16Cl3N3O2S. The number of hydrogen-bond donors (Lipinski definition) is 1. The number of hydrogen-bond acceptors (Lipinski definition) is 4. The Morgan fingerprint density at radius 3 is 2.52 bits per heavy atom. The third-order valence-electron chi connectivity index (χ3n) is 4.59. The summed E-state index contributed by atoms with van der Waals surface area (Å²) in [7, 11) is 0. The van der Waals surface area contributed by atoms with Crippen LogP contribution >= 0.6 is 46.6 Å². The second-order valence-electron chi connectivity index (χ2n) is 6.81. The van der Waals surface area contributed by atoms with Crippen LogP contribution in [0.5, 0.6) is 0 Å². The number of carbonyl (C=O) groups excluding carboxylic acids is 1. The Morgan fingerprint density at radius 1 is 1.21 bits per heavy atom. The molecule has 1 aromatic heterocycles. The average Bonchev–Trinajstić information content (AvgIpc) is 3.49. The third-order valence-corrected chi connectivity index (χ3v) is 6.47. The topological polar surface area (TPSA) is 64.0 Å². The Labute approximate surface area is 186 Å². The second kappa shape index (κ2) is 8.19. The Kier molecular flexibility index (Phi) is 5.80. The van der Waals surface area contributed by atoms with Crippen molar-refractivity contribution in [2.75, 3.05) is 5.32 Å². The van der Waals surface area contributed by atoms with Gasteiger partial charge in [0.15, 0.2) is 5.16 Å². The van der Waals surface area contributed by atoms with Gasteiger partial charge in [0.1, 0.15) is 0 Å². The maximum atomic E-state index is 13.0. The van der Waals surface area contributed by atoms with E-state index >= 15 is 0 Å². The number of anilines is 1. The monoisotopic (exact) mass is 467 g/mol. The van der Waals surface area contributed by atoms with Crippen molar-refractivity contribution in [2.24, 2.45) is 0 Å². The van der Waals surface area contributed by atoms with Crippen LogP contribution in [0.3, 0.4) is 0 Å². The molecule has 0 saturated heterocycles. The van der Waals surface area contributed by atoms with Crippen molar-refractivity contribution in [1.82, 2.24) is 9.55 Å². The zero-order chi connectivity index (χ0) is 20.7. The zero-order valence-electron chi connectivity index (χ0n) is 15.3. The molecule has 1 N–H and O–H groups in total. The summed E-state index contributed by atoms with van der Waals surface area (Å²) in [6.07, 6.45) is 1.87. The molecule has 29 heavy (non-hydrogen) atoms. The summed E-state index contributed by atoms with van der Waals surface area (Å²) >= 11 is 19.5. The molecule has 150 valence electrons. The summed E-state index contributed by atoms with van der Waals surface area (Å²) in [6, 6.07) is 10.4. The number of aromatic nitrogens is 2. The first-order chi connectivity index (χ1) is 13.8. The number of nitrogens with zero attached hydrogens (tertiary/aromatic N) is 2. The van der Waals surface area contributed by atoms with Gasteiger partial charge in [-0.25, -0.2) is 4.98 Å². The fraction of sp³-hybridized carbons (Fsp3) is 0.250. The standard InChI is InChI=1S/C20H16Cl3N3O2S/c1-10(18(27)25-17-14(22)8-11(21)9-15(17)23)29-20-24-16-5-3-2-4-13(16)19(28)26(20)12-6-7-12/h2-5,8-10,12H,6-7H2,1H3,(H,25,27). The van der Waals surface area contributed by atoms with Crippen molar-refractivity contribution in [2.45, 2.75) is 36.2 Å². The molecule has 1 fully saturated rings. The highest BCUT2D eigenvalue weighted by Gasteiger charge is 2.30. The summed E-state index contributed by atoms with van der Waals surface area (Å²) in [5.41, 5.74) is 0.853. The molecule has 9 heteroatoms. The molecule has 0 spiro atoms. The van der Waals surface area contributed by atoms with Crippen LogP contribution in [-0.2, 0) is 4.79 Å². The van der Waals surface area contributed by atoms with Crippen molar-refractivity contribution < 1.29 is 4.79 Å². The molecule has 3 aromatic rings. The quantitative estimate of drug-likeness (QED) is 0.379. The van der Waals surface area contributed by atoms with Crippen molar-refractivity contribution in [3.8, 4) is 0 Å². The van der Waals surface area contributed by atoms with Gasteiger partial charge in [0, 0.05) is 11.1 Å². The lowest BCUT2D eigenvalue weighted by Gasteiger charge is -2.17. The van der Waals surface area contributed by atoms with Crippen molar-refractivity contribution >= 4 is 69.1 Å². The number of benzene rings is 2. The summed E-state index contributed by atoms with van der Waals surface area (Å²) in [4.78, 5) is 30.4. The maximum Gasteiger partial charge on any atom is 0.262 e. The molecule has 0 bridgehead atoms. The van der Waals surface area contributed by atoms with Gasteiger partial charge in [-0.05, 0) is 44.0 Å². The van der Waals surface area contributed by atoms with E-state index in [9.17, 15) is 9.59 Å². The Balaban J connectivity index is 1.62. The van der Waals surface area contributed by atoms with Gasteiger partial charge in [-0.2, -0.15) is 0 Å². The third kappa shape index (κ3) is 4.26. The number of carbonyl (C=O) groups is 1. The lowest BCUT2D eigenvalue weighted by atomic mass is 10.2. The van der Waals surface area contributed by atoms with Crippen LogP contribution in [0.2, 0.25) is 15.1 Å². The van der Waals surface area contributed by atoms with Crippen molar-refractivity contribution in [3.05, 3.63) is 61.8 Å². The molecule has 1 amide bonds. The molecule has 1 atom stereocenters. The van der Waals surface area contributed by atoms with Gasteiger partial charge in [-0.3, -0.25) is 14.2 Å². The fourth-order valence-electron chi connectivity index (χ4n) is 2.96. The van der Waals surface area contributed by atoms with Gasteiger partial charge in [-0.1, -0.05) is 58.7 Å². The number of halogens is 3. The average molecular weight is 469 g/mol. The first-order valence-electron chi connectivity index (χ1n) is 8.98. The number of nitrogens with one attached hydrogen (secondary N) is 1. The highest BCUT2D eigenvalue weighted by molar-refractivity contribution is 8.00. The first kappa shape index (κ1) is 20.5. The van der Waals surface area contributed by atoms with Crippen molar-refractivity contribution in [3.63, 3.8) is 0 Å². The molecule has 0 aliphatic heterocycles. The van der Waals surface area contributed by atoms with Gasteiger partial charge < -0.3 is 5.32 Å². The van der Waals surface area contributed by atoms with Gasteiger partial charge >= 0.3 is 0 Å². The minimum atomic E-state index is -0.532. The Bertz CT molecular complexity index is 1150. The highest BCUT2D eigenvalue weighted by Crippen LogP contribution is 2.38. The van der Waals surface area contributed by atoms with E-state index in [-0.39, 0.29) is 27.6 Å². The largest absolute Gasteiger partial charge is 0.323 e. The van der Waals surface area contributed by atoms with E-state index in [1.807, 2.05) is 12.1 Å². The summed E-state index contributed by atoms with van der Waals surface area (Å²) in [6.45, 7) is 1.75. The van der Waals surface area contributed by atoms with Crippen LogP contribution in [0.15, 0.2) is 46.3 Å². The van der Waals surface area contributed by atoms with Crippen LogP contribution in [-0.4, -0.2) is 20.7 Å².